The number of alkyl halides is 3. The van der Waals surface area contributed by atoms with Gasteiger partial charge in [0.2, 0.25) is 0 Å². The largest absolute Gasteiger partial charge is 0.416 e. The molecule has 0 saturated carbocycles. The summed E-state index contributed by atoms with van der Waals surface area (Å²) in [6, 6.07) is 4.05. The second-order valence-corrected chi connectivity index (χ2v) is 4.39. The topological polar surface area (TPSA) is 46.3 Å². The number of thiocarbonyl (C=S) groups is 1. The molecule has 1 rings (SSSR count). The Bertz CT molecular complexity index is 471. The van der Waals surface area contributed by atoms with Crippen LogP contribution in [0.5, 0.6) is 0 Å². The number of benzene rings is 1. The molecule has 0 fully saturated rings. The van der Waals surface area contributed by atoms with Gasteiger partial charge in [0.15, 0.2) is 0 Å². The van der Waals surface area contributed by atoms with E-state index in [0.717, 1.165) is 24.3 Å². The van der Waals surface area contributed by atoms with Crippen molar-refractivity contribution in [3.8, 4) is 0 Å². The molecule has 0 bridgehead atoms. The van der Waals surface area contributed by atoms with E-state index in [1.54, 1.807) is 6.92 Å². The van der Waals surface area contributed by atoms with E-state index in [0.29, 0.717) is 6.54 Å². The van der Waals surface area contributed by atoms with Gasteiger partial charge in [-0.3, -0.25) is 4.79 Å². The van der Waals surface area contributed by atoms with Gasteiger partial charge in [0.05, 0.1) is 17.1 Å². The fourth-order valence-corrected chi connectivity index (χ4v) is 1.66. The Labute approximate surface area is 114 Å². The molecule has 1 amide bonds. The maximum atomic E-state index is 12.4. The Balaban J connectivity index is 2.91. The van der Waals surface area contributed by atoms with Crippen molar-refractivity contribution in [2.75, 3.05) is 13.1 Å². The van der Waals surface area contributed by atoms with E-state index in [1.165, 1.54) is 4.90 Å². The number of hydrogen-bond acceptors (Lipinski definition) is 2. The Morgan fingerprint density at radius 2 is 1.84 bits per heavy atom. The van der Waals surface area contributed by atoms with Crippen molar-refractivity contribution in [2.24, 2.45) is 5.73 Å². The molecule has 7 heteroatoms. The molecule has 2 N–H and O–H groups in total. The summed E-state index contributed by atoms with van der Waals surface area (Å²) >= 11 is 4.71. The summed E-state index contributed by atoms with van der Waals surface area (Å²) in [5.41, 5.74) is 4.74. The lowest BCUT2D eigenvalue weighted by Gasteiger charge is -2.20. The van der Waals surface area contributed by atoms with Crippen LogP contribution in [0.15, 0.2) is 24.3 Å². The number of nitrogens with two attached hydrogens (primary N) is 1. The van der Waals surface area contributed by atoms with Crippen LogP contribution >= 0.6 is 12.2 Å². The first-order chi connectivity index (χ1) is 8.75. The van der Waals surface area contributed by atoms with Gasteiger partial charge >= 0.3 is 6.18 Å². The molecule has 0 radical (unpaired) electrons. The monoisotopic (exact) mass is 290 g/mol. The third-order valence-electron chi connectivity index (χ3n) is 2.47. The lowest BCUT2D eigenvalue weighted by Crippen LogP contribution is -2.37. The normalized spacial score (nSPS) is 11.2. The molecule has 0 aliphatic heterocycles. The van der Waals surface area contributed by atoms with Gasteiger partial charge in [0.1, 0.15) is 0 Å². The van der Waals surface area contributed by atoms with Crippen molar-refractivity contribution in [1.29, 1.82) is 0 Å². The molecule has 0 saturated heterocycles. The van der Waals surface area contributed by atoms with E-state index >= 15 is 0 Å². The molecule has 0 atom stereocenters. The lowest BCUT2D eigenvalue weighted by atomic mass is 10.1. The second kappa shape index (κ2) is 6.01. The number of halogens is 3. The number of rotatable bonds is 4. The minimum Gasteiger partial charge on any atom is -0.392 e. The number of carbonyl (C=O) groups is 1. The van der Waals surface area contributed by atoms with Crippen LogP contribution in [-0.2, 0) is 6.18 Å². The highest BCUT2D eigenvalue weighted by Gasteiger charge is 2.30. The van der Waals surface area contributed by atoms with Crippen LogP contribution in [0.1, 0.15) is 22.8 Å². The highest BCUT2D eigenvalue weighted by Crippen LogP contribution is 2.29. The smallest absolute Gasteiger partial charge is 0.392 e. The molecule has 3 nitrogen and oxygen atoms in total. The van der Waals surface area contributed by atoms with E-state index in [1.807, 2.05) is 0 Å². The summed E-state index contributed by atoms with van der Waals surface area (Å²) in [5, 5.41) is 0. The number of likely N-dealkylation sites (N-methyl/N-ethyl adjacent to an activating group) is 1. The molecular formula is C12H13F3N2OS. The van der Waals surface area contributed by atoms with Crippen LogP contribution in [0.25, 0.3) is 0 Å². The standard InChI is InChI=1S/C12H13F3N2OS/c1-2-17(7-10(16)19)11(18)8-3-5-9(6-4-8)12(13,14)15/h3-6H,2,7H2,1H3,(H2,16,19). The minimum absolute atomic E-state index is 0.103. The molecule has 19 heavy (non-hydrogen) atoms. The SMILES string of the molecule is CCN(CC(N)=S)C(=O)c1ccc(C(F)(F)F)cc1. The zero-order chi connectivity index (χ0) is 14.6. The highest BCUT2D eigenvalue weighted by atomic mass is 32.1. The van der Waals surface area contributed by atoms with Crippen LogP contribution < -0.4 is 5.73 Å². The van der Waals surface area contributed by atoms with Crippen LogP contribution in [0.3, 0.4) is 0 Å². The van der Waals surface area contributed by atoms with Crippen molar-refractivity contribution >= 4 is 23.1 Å². The van der Waals surface area contributed by atoms with Gasteiger partial charge in [-0.2, -0.15) is 13.2 Å². The summed E-state index contributed by atoms with van der Waals surface area (Å²) in [5.74, 6) is -0.399. The van der Waals surface area contributed by atoms with E-state index < -0.39 is 17.6 Å². The van der Waals surface area contributed by atoms with E-state index in [9.17, 15) is 18.0 Å². The Kier molecular flexibility index (Phi) is 4.88. The molecule has 0 spiro atoms. The van der Waals surface area contributed by atoms with Gasteiger partial charge in [-0.1, -0.05) is 12.2 Å². The molecule has 0 aliphatic carbocycles. The fourth-order valence-electron chi connectivity index (χ4n) is 1.50. The number of amides is 1. The molecule has 1 aromatic carbocycles. The molecule has 1 aromatic rings. The molecule has 0 unspecified atom stereocenters. The molecule has 0 aromatic heterocycles. The highest BCUT2D eigenvalue weighted by molar-refractivity contribution is 7.80. The zero-order valence-electron chi connectivity index (χ0n) is 10.2. The van der Waals surface area contributed by atoms with Crippen molar-refractivity contribution in [3.05, 3.63) is 35.4 Å². The Morgan fingerprint density at radius 1 is 1.32 bits per heavy atom. The van der Waals surface area contributed by atoms with E-state index in [4.69, 9.17) is 18.0 Å². The number of hydrogen-bond donors (Lipinski definition) is 1. The maximum absolute atomic E-state index is 12.4. The fraction of sp³-hybridized carbons (Fsp3) is 0.333. The van der Waals surface area contributed by atoms with Gasteiger partial charge in [0.25, 0.3) is 5.91 Å². The van der Waals surface area contributed by atoms with Gasteiger partial charge in [-0.15, -0.1) is 0 Å². The third kappa shape index (κ3) is 4.20. The van der Waals surface area contributed by atoms with Gasteiger partial charge in [0, 0.05) is 12.1 Å². The molecule has 0 aliphatic rings. The first kappa shape index (κ1) is 15.4. The second-order valence-electron chi connectivity index (χ2n) is 3.86. The third-order valence-corrected chi connectivity index (χ3v) is 2.60. The van der Waals surface area contributed by atoms with Gasteiger partial charge < -0.3 is 10.6 Å². The average Bonchev–Trinajstić information content (AvgIpc) is 2.34. The molecular weight excluding hydrogens is 277 g/mol. The summed E-state index contributed by atoms with van der Waals surface area (Å²) in [7, 11) is 0. The molecule has 0 heterocycles. The molecule has 104 valence electrons. The first-order valence-electron chi connectivity index (χ1n) is 5.50. The van der Waals surface area contributed by atoms with E-state index in [2.05, 4.69) is 0 Å². The summed E-state index contributed by atoms with van der Waals surface area (Å²) in [6.45, 7) is 2.21. The van der Waals surface area contributed by atoms with Crippen molar-refractivity contribution in [2.45, 2.75) is 13.1 Å². The van der Waals surface area contributed by atoms with Crippen LogP contribution in [0.2, 0.25) is 0 Å². The average molecular weight is 290 g/mol. The quantitative estimate of drug-likeness (QED) is 0.866. The predicted molar refractivity (Wildman–Crippen MR) is 69.8 cm³/mol. The van der Waals surface area contributed by atoms with Crippen molar-refractivity contribution < 1.29 is 18.0 Å². The lowest BCUT2D eigenvalue weighted by molar-refractivity contribution is -0.137. The van der Waals surface area contributed by atoms with E-state index in [-0.39, 0.29) is 17.1 Å². The van der Waals surface area contributed by atoms with Gasteiger partial charge in [-0.25, -0.2) is 0 Å². The number of nitrogens with zero attached hydrogens (tertiary/aromatic N) is 1. The van der Waals surface area contributed by atoms with Crippen molar-refractivity contribution in [3.63, 3.8) is 0 Å². The van der Waals surface area contributed by atoms with Gasteiger partial charge in [-0.05, 0) is 31.2 Å². The predicted octanol–water partition coefficient (Wildman–Crippen LogP) is 2.45. The summed E-state index contributed by atoms with van der Waals surface area (Å²) < 4.78 is 37.2. The van der Waals surface area contributed by atoms with Crippen LogP contribution in [0, 0.1) is 0 Å². The van der Waals surface area contributed by atoms with Crippen LogP contribution in [-0.4, -0.2) is 28.9 Å². The zero-order valence-corrected chi connectivity index (χ0v) is 11.0. The Morgan fingerprint density at radius 3 is 2.21 bits per heavy atom. The van der Waals surface area contributed by atoms with Crippen molar-refractivity contribution in [1.82, 2.24) is 4.90 Å². The number of carbonyl (C=O) groups excluding carboxylic acids is 1. The first-order valence-corrected chi connectivity index (χ1v) is 5.91. The minimum atomic E-state index is -4.41. The Hall–Kier alpha value is -1.63. The summed E-state index contributed by atoms with van der Waals surface area (Å²) in [6.07, 6.45) is -4.41. The maximum Gasteiger partial charge on any atom is 0.416 e. The van der Waals surface area contributed by atoms with Crippen LogP contribution in [0.4, 0.5) is 13.2 Å². The summed E-state index contributed by atoms with van der Waals surface area (Å²) in [4.78, 5) is 13.5.